The van der Waals surface area contributed by atoms with Crippen LogP contribution in [0.1, 0.15) is 47.6 Å². The van der Waals surface area contributed by atoms with Crippen LogP contribution in [-0.4, -0.2) is 29.7 Å². The molecule has 110 valence electrons. The Morgan fingerprint density at radius 3 is 2.65 bits per heavy atom. The van der Waals surface area contributed by atoms with E-state index in [9.17, 15) is 9.59 Å². The summed E-state index contributed by atoms with van der Waals surface area (Å²) in [7, 11) is 1.63. The second-order valence-electron chi connectivity index (χ2n) is 5.18. The lowest BCUT2D eigenvalue weighted by Crippen LogP contribution is -2.43. The molecule has 6 nitrogen and oxygen atoms in total. The summed E-state index contributed by atoms with van der Waals surface area (Å²) >= 11 is 0. The number of nitrogens with one attached hydrogen (secondary N) is 1. The van der Waals surface area contributed by atoms with E-state index in [1.54, 1.807) is 14.0 Å². The minimum absolute atomic E-state index is 0.113. The fraction of sp³-hybridized carbons (Fsp3) is 0.571. The van der Waals surface area contributed by atoms with Gasteiger partial charge in [-0.05, 0) is 32.3 Å². The first-order valence-corrected chi connectivity index (χ1v) is 6.60. The second kappa shape index (κ2) is 5.66. The van der Waals surface area contributed by atoms with Gasteiger partial charge in [-0.1, -0.05) is 0 Å². The van der Waals surface area contributed by atoms with Crippen molar-refractivity contribution in [2.24, 2.45) is 0 Å². The molecule has 2 rings (SSSR count). The molecule has 1 amide bonds. The summed E-state index contributed by atoms with van der Waals surface area (Å²) in [5.41, 5.74) is -0.184. The molecule has 0 aliphatic heterocycles. The van der Waals surface area contributed by atoms with E-state index >= 15 is 0 Å². The molecule has 0 atom stereocenters. The number of carboxylic acid groups (broad SMARTS) is 1. The van der Waals surface area contributed by atoms with Crippen molar-refractivity contribution in [1.29, 1.82) is 0 Å². The van der Waals surface area contributed by atoms with Crippen molar-refractivity contribution in [1.82, 2.24) is 5.32 Å². The second-order valence-corrected chi connectivity index (χ2v) is 5.18. The molecule has 1 aromatic rings. The van der Waals surface area contributed by atoms with Gasteiger partial charge in [0, 0.05) is 7.11 Å². The van der Waals surface area contributed by atoms with E-state index in [4.69, 9.17) is 14.3 Å². The number of carbonyl (C=O) groups excluding carboxylic acids is 1. The van der Waals surface area contributed by atoms with Crippen LogP contribution in [0.15, 0.2) is 10.5 Å². The van der Waals surface area contributed by atoms with Crippen molar-refractivity contribution in [3.8, 4) is 0 Å². The van der Waals surface area contributed by atoms with Gasteiger partial charge in [-0.3, -0.25) is 4.79 Å². The highest BCUT2D eigenvalue weighted by Crippen LogP contribution is 2.37. The predicted octanol–water partition coefficient (Wildman–Crippen LogP) is 1.86. The minimum atomic E-state index is -1.03. The lowest BCUT2D eigenvalue weighted by molar-refractivity contribution is -0.134. The van der Waals surface area contributed by atoms with Crippen molar-refractivity contribution in [3.05, 3.63) is 23.2 Å². The number of aryl methyl sites for hydroxylation is 1. The normalized spacial score (nSPS) is 16.5. The van der Waals surface area contributed by atoms with Gasteiger partial charge in [0.1, 0.15) is 17.1 Å². The minimum Gasteiger partial charge on any atom is -0.478 e. The number of carbonyl (C=O) groups is 2. The molecule has 1 saturated carbocycles. The molecule has 2 N–H and O–H groups in total. The van der Waals surface area contributed by atoms with Crippen LogP contribution in [0.25, 0.3) is 0 Å². The number of hydrogen-bond acceptors (Lipinski definition) is 4. The van der Waals surface area contributed by atoms with Crippen molar-refractivity contribution >= 4 is 11.9 Å². The maximum atomic E-state index is 11.9. The van der Waals surface area contributed by atoms with E-state index in [0.717, 1.165) is 19.3 Å². The number of rotatable bonds is 6. The van der Waals surface area contributed by atoms with E-state index in [-0.39, 0.29) is 23.6 Å². The monoisotopic (exact) mass is 281 g/mol. The Morgan fingerprint density at radius 1 is 1.50 bits per heavy atom. The Morgan fingerprint density at radius 2 is 2.20 bits per heavy atom. The van der Waals surface area contributed by atoms with Gasteiger partial charge in [0.15, 0.2) is 0 Å². The van der Waals surface area contributed by atoms with E-state index in [2.05, 4.69) is 5.32 Å². The average Bonchev–Trinajstić information content (AvgIpc) is 2.73. The summed E-state index contributed by atoms with van der Waals surface area (Å²) < 4.78 is 10.7. The number of furan rings is 1. The maximum Gasteiger partial charge on any atom is 0.339 e. The van der Waals surface area contributed by atoms with Crippen LogP contribution in [-0.2, 0) is 16.1 Å². The average molecular weight is 281 g/mol. The van der Waals surface area contributed by atoms with Crippen LogP contribution in [0.2, 0.25) is 0 Å². The Bertz CT molecular complexity index is 510. The number of amides is 1. The highest BCUT2D eigenvalue weighted by molar-refractivity contribution is 5.88. The predicted molar refractivity (Wildman–Crippen MR) is 70.5 cm³/mol. The van der Waals surface area contributed by atoms with Crippen LogP contribution in [0.3, 0.4) is 0 Å². The molecule has 0 radical (unpaired) electrons. The third-order valence-corrected chi connectivity index (χ3v) is 3.84. The third kappa shape index (κ3) is 3.01. The molecule has 6 heteroatoms. The van der Waals surface area contributed by atoms with Crippen molar-refractivity contribution in [2.45, 2.75) is 44.8 Å². The van der Waals surface area contributed by atoms with Gasteiger partial charge >= 0.3 is 5.97 Å². The van der Waals surface area contributed by atoms with Gasteiger partial charge in [0.25, 0.3) is 0 Å². The standard InChI is InChI=1S/C14H19NO5/c1-9-11(13(17)18)6-10(20-9)8-15-12(16)7-14(19-2)4-3-5-14/h6H,3-5,7-8H2,1-2H3,(H,15,16)(H,17,18). The topological polar surface area (TPSA) is 88.8 Å². The quantitative estimate of drug-likeness (QED) is 0.830. The zero-order valence-corrected chi connectivity index (χ0v) is 11.7. The van der Waals surface area contributed by atoms with Crippen molar-refractivity contribution in [2.75, 3.05) is 7.11 Å². The Kier molecular flexibility index (Phi) is 4.13. The molecule has 0 aromatic carbocycles. The smallest absolute Gasteiger partial charge is 0.339 e. The molecule has 0 bridgehead atoms. The molecule has 1 aliphatic carbocycles. The van der Waals surface area contributed by atoms with Gasteiger partial charge in [-0.15, -0.1) is 0 Å². The number of hydrogen-bond donors (Lipinski definition) is 2. The molecular weight excluding hydrogens is 262 g/mol. The molecule has 20 heavy (non-hydrogen) atoms. The molecule has 1 aliphatic rings. The van der Waals surface area contributed by atoms with Crippen LogP contribution >= 0.6 is 0 Å². The first-order valence-electron chi connectivity index (χ1n) is 6.60. The van der Waals surface area contributed by atoms with Gasteiger partial charge in [-0.25, -0.2) is 4.79 Å². The number of methoxy groups -OCH3 is 1. The van der Waals surface area contributed by atoms with Gasteiger partial charge in [0.2, 0.25) is 5.91 Å². The SMILES string of the molecule is COC1(CC(=O)NCc2cc(C(=O)O)c(C)o2)CCC1. The zero-order valence-electron chi connectivity index (χ0n) is 11.7. The largest absolute Gasteiger partial charge is 0.478 e. The summed E-state index contributed by atoms with van der Waals surface area (Å²) in [6, 6.07) is 1.44. The first kappa shape index (κ1) is 14.6. The number of carboxylic acids is 1. The number of ether oxygens (including phenoxy) is 1. The summed E-state index contributed by atoms with van der Waals surface area (Å²) in [6.45, 7) is 1.77. The van der Waals surface area contributed by atoms with Gasteiger partial charge < -0.3 is 19.6 Å². The van der Waals surface area contributed by atoms with Crippen LogP contribution in [0, 0.1) is 6.92 Å². The summed E-state index contributed by atoms with van der Waals surface area (Å²) in [4.78, 5) is 22.7. The molecule has 0 spiro atoms. The molecule has 0 unspecified atom stereocenters. The Hall–Kier alpha value is -1.82. The van der Waals surface area contributed by atoms with E-state index in [1.807, 2.05) is 0 Å². The Labute approximate surface area is 117 Å². The van der Waals surface area contributed by atoms with Crippen LogP contribution in [0.4, 0.5) is 0 Å². The highest BCUT2D eigenvalue weighted by atomic mass is 16.5. The van der Waals surface area contributed by atoms with Crippen molar-refractivity contribution in [3.63, 3.8) is 0 Å². The van der Waals surface area contributed by atoms with Gasteiger partial charge in [-0.2, -0.15) is 0 Å². The Balaban J connectivity index is 1.87. The first-order chi connectivity index (χ1) is 9.46. The fourth-order valence-electron chi connectivity index (χ4n) is 2.41. The van der Waals surface area contributed by atoms with Crippen LogP contribution < -0.4 is 5.32 Å². The van der Waals surface area contributed by atoms with E-state index in [1.165, 1.54) is 6.07 Å². The maximum absolute atomic E-state index is 11.9. The van der Waals surface area contributed by atoms with Crippen LogP contribution in [0.5, 0.6) is 0 Å². The lowest BCUT2D eigenvalue weighted by Gasteiger charge is -2.39. The molecule has 1 fully saturated rings. The molecule has 1 heterocycles. The van der Waals surface area contributed by atoms with Crippen molar-refractivity contribution < 1.29 is 23.8 Å². The van der Waals surface area contributed by atoms with Gasteiger partial charge in [0.05, 0.1) is 18.6 Å². The molecular formula is C14H19NO5. The third-order valence-electron chi connectivity index (χ3n) is 3.84. The highest BCUT2D eigenvalue weighted by Gasteiger charge is 2.38. The summed E-state index contributed by atoms with van der Waals surface area (Å²) in [6.07, 6.45) is 3.22. The fourth-order valence-corrected chi connectivity index (χ4v) is 2.41. The summed E-state index contributed by atoms with van der Waals surface area (Å²) in [5, 5.41) is 11.6. The molecule has 0 saturated heterocycles. The zero-order chi connectivity index (χ0) is 14.8. The van der Waals surface area contributed by atoms with E-state index < -0.39 is 5.97 Å². The number of aromatic carboxylic acids is 1. The lowest BCUT2D eigenvalue weighted by atomic mass is 9.77. The molecule has 1 aromatic heterocycles. The van der Waals surface area contributed by atoms with E-state index in [0.29, 0.717) is 17.9 Å². The summed E-state index contributed by atoms with van der Waals surface area (Å²) in [5.74, 6) is -0.364.